The van der Waals surface area contributed by atoms with Gasteiger partial charge in [-0.1, -0.05) is 11.6 Å². The lowest BCUT2D eigenvalue weighted by Gasteiger charge is -2.27. The van der Waals surface area contributed by atoms with Crippen LogP contribution in [0.3, 0.4) is 0 Å². The first kappa shape index (κ1) is 23.1. The van der Waals surface area contributed by atoms with Crippen molar-refractivity contribution in [2.45, 2.75) is 38.3 Å². The molecular formula is C26H26F2N6O. The number of ether oxygens (including phenoxy) is 1. The van der Waals surface area contributed by atoms with E-state index < -0.39 is 11.6 Å². The molecule has 180 valence electrons. The molecule has 2 atom stereocenters. The molecule has 0 amide bonds. The maximum atomic E-state index is 14.8. The number of rotatable bonds is 6. The summed E-state index contributed by atoms with van der Waals surface area (Å²) in [5, 5.41) is 7.81. The number of nitrogens with zero attached hydrogens (tertiary/aromatic N) is 4. The summed E-state index contributed by atoms with van der Waals surface area (Å²) in [7, 11) is 1.47. The van der Waals surface area contributed by atoms with Crippen LogP contribution in [-0.2, 0) is 11.3 Å². The average molecular weight is 477 g/mol. The number of aromatic nitrogens is 4. The number of nitrogens with two attached hydrogens (primary N) is 1. The second-order valence-electron chi connectivity index (χ2n) is 8.91. The van der Waals surface area contributed by atoms with Gasteiger partial charge in [-0.05, 0) is 67.1 Å². The maximum Gasteiger partial charge on any atom is 0.229 e. The summed E-state index contributed by atoms with van der Waals surface area (Å²) in [6, 6.07) is 7.81. The van der Waals surface area contributed by atoms with Gasteiger partial charge in [-0.25, -0.2) is 13.8 Å². The first-order valence-electron chi connectivity index (χ1n) is 11.4. The molecule has 1 aromatic carbocycles. The number of anilines is 2. The Kier molecular flexibility index (Phi) is 6.27. The van der Waals surface area contributed by atoms with Crippen LogP contribution in [0.5, 0.6) is 0 Å². The fraction of sp³-hybridized carbons (Fsp3) is 0.269. The van der Waals surface area contributed by atoms with Crippen LogP contribution in [0, 0.1) is 11.6 Å². The summed E-state index contributed by atoms with van der Waals surface area (Å²) in [5.41, 5.74) is 10.4. The van der Waals surface area contributed by atoms with Crippen LogP contribution in [-0.4, -0.2) is 32.7 Å². The molecule has 0 fully saturated rings. The predicted molar refractivity (Wildman–Crippen MR) is 130 cm³/mol. The highest BCUT2D eigenvalue weighted by atomic mass is 19.1. The molecular weight excluding hydrogens is 450 g/mol. The summed E-state index contributed by atoms with van der Waals surface area (Å²) in [5.74, 6) is -0.750. The number of fused-ring (bicyclic) bond motifs is 1. The third kappa shape index (κ3) is 4.65. The lowest BCUT2D eigenvalue weighted by molar-refractivity contribution is 0.184. The highest BCUT2D eigenvalue weighted by Gasteiger charge is 2.23. The van der Waals surface area contributed by atoms with Crippen LogP contribution in [0.25, 0.3) is 16.8 Å². The van der Waals surface area contributed by atoms with Gasteiger partial charge in [-0.2, -0.15) is 9.61 Å². The van der Waals surface area contributed by atoms with Crippen molar-refractivity contribution in [3.05, 3.63) is 83.3 Å². The number of imidazole rings is 1. The molecule has 1 aliphatic rings. The van der Waals surface area contributed by atoms with Crippen LogP contribution in [0.15, 0.2) is 60.6 Å². The molecule has 2 unspecified atom stereocenters. The summed E-state index contributed by atoms with van der Waals surface area (Å²) in [6.45, 7) is 2.21. The van der Waals surface area contributed by atoms with E-state index in [2.05, 4.69) is 33.4 Å². The SMILES string of the molecule is COCc1cc(F)c(-c2ccc3cnc(Nc4cnccc4C4CC(C)=CC(N)C4)n3n2)c(F)c1. The number of methoxy groups -OCH3 is 1. The smallest absolute Gasteiger partial charge is 0.229 e. The Labute approximate surface area is 201 Å². The molecule has 3 heterocycles. The van der Waals surface area contributed by atoms with E-state index in [0.717, 1.165) is 24.1 Å². The van der Waals surface area contributed by atoms with Crippen molar-refractivity contribution >= 4 is 17.2 Å². The highest BCUT2D eigenvalue weighted by molar-refractivity contribution is 5.66. The minimum Gasteiger partial charge on any atom is -0.380 e. The van der Waals surface area contributed by atoms with E-state index in [1.54, 1.807) is 30.7 Å². The van der Waals surface area contributed by atoms with Gasteiger partial charge in [0.05, 0.1) is 41.5 Å². The predicted octanol–water partition coefficient (Wildman–Crippen LogP) is 5.11. The molecule has 0 aliphatic heterocycles. The summed E-state index contributed by atoms with van der Waals surface area (Å²) in [6.07, 6.45) is 9.00. The molecule has 3 aromatic heterocycles. The van der Waals surface area contributed by atoms with Crippen molar-refractivity contribution in [3.63, 3.8) is 0 Å². The number of hydrogen-bond donors (Lipinski definition) is 2. The average Bonchev–Trinajstić information content (AvgIpc) is 3.21. The Morgan fingerprint density at radius 1 is 1.17 bits per heavy atom. The molecule has 0 saturated carbocycles. The van der Waals surface area contributed by atoms with Crippen molar-refractivity contribution in [1.29, 1.82) is 0 Å². The molecule has 9 heteroatoms. The maximum absolute atomic E-state index is 14.8. The van der Waals surface area contributed by atoms with Gasteiger partial charge >= 0.3 is 0 Å². The van der Waals surface area contributed by atoms with Gasteiger partial charge in [-0.15, -0.1) is 0 Å². The lowest BCUT2D eigenvalue weighted by atomic mass is 9.82. The van der Waals surface area contributed by atoms with Crippen LogP contribution in [0.4, 0.5) is 20.4 Å². The Hall–Kier alpha value is -3.69. The van der Waals surface area contributed by atoms with E-state index in [4.69, 9.17) is 10.5 Å². The van der Waals surface area contributed by atoms with Crippen molar-refractivity contribution in [2.24, 2.45) is 5.73 Å². The Morgan fingerprint density at radius 3 is 2.71 bits per heavy atom. The van der Waals surface area contributed by atoms with Crippen molar-refractivity contribution in [3.8, 4) is 11.3 Å². The van der Waals surface area contributed by atoms with Crippen molar-refractivity contribution < 1.29 is 13.5 Å². The Bertz CT molecular complexity index is 1390. The zero-order valence-electron chi connectivity index (χ0n) is 19.5. The largest absolute Gasteiger partial charge is 0.380 e. The number of hydrogen-bond acceptors (Lipinski definition) is 6. The van der Waals surface area contributed by atoms with Crippen LogP contribution >= 0.6 is 0 Å². The number of halogens is 2. The number of benzene rings is 1. The molecule has 35 heavy (non-hydrogen) atoms. The van der Waals surface area contributed by atoms with E-state index in [1.165, 1.54) is 29.3 Å². The quantitative estimate of drug-likeness (QED) is 0.376. The summed E-state index contributed by atoms with van der Waals surface area (Å²) >= 11 is 0. The first-order chi connectivity index (χ1) is 16.9. The monoisotopic (exact) mass is 476 g/mol. The van der Waals surface area contributed by atoms with Crippen LogP contribution in [0.2, 0.25) is 0 Å². The van der Waals surface area contributed by atoms with Gasteiger partial charge in [0.15, 0.2) is 0 Å². The van der Waals surface area contributed by atoms with E-state index in [1.807, 2.05) is 6.07 Å². The molecule has 1 aliphatic carbocycles. The normalized spacial score (nSPS) is 18.0. The third-order valence-electron chi connectivity index (χ3n) is 6.22. The fourth-order valence-corrected chi connectivity index (χ4v) is 4.75. The molecule has 7 nitrogen and oxygen atoms in total. The van der Waals surface area contributed by atoms with Crippen molar-refractivity contribution in [2.75, 3.05) is 12.4 Å². The molecule has 0 bridgehead atoms. The van der Waals surface area contributed by atoms with Gasteiger partial charge in [-0.3, -0.25) is 4.98 Å². The molecule has 5 rings (SSSR count). The van der Waals surface area contributed by atoms with Gasteiger partial charge in [0, 0.05) is 19.3 Å². The first-order valence-corrected chi connectivity index (χ1v) is 11.4. The molecule has 4 aromatic rings. The minimum atomic E-state index is -0.704. The zero-order valence-corrected chi connectivity index (χ0v) is 19.5. The van der Waals surface area contributed by atoms with E-state index in [0.29, 0.717) is 17.0 Å². The number of pyridine rings is 1. The van der Waals surface area contributed by atoms with Gasteiger partial charge in [0.1, 0.15) is 11.6 Å². The minimum absolute atomic E-state index is 0.00585. The Balaban J connectivity index is 1.51. The number of nitrogens with one attached hydrogen (secondary N) is 1. The summed E-state index contributed by atoms with van der Waals surface area (Å²) < 4.78 is 36.1. The van der Waals surface area contributed by atoms with E-state index in [9.17, 15) is 8.78 Å². The van der Waals surface area contributed by atoms with Gasteiger partial charge < -0.3 is 15.8 Å². The fourth-order valence-electron chi connectivity index (χ4n) is 4.75. The second-order valence-corrected chi connectivity index (χ2v) is 8.91. The molecule has 0 spiro atoms. The van der Waals surface area contributed by atoms with Crippen LogP contribution < -0.4 is 11.1 Å². The Morgan fingerprint density at radius 2 is 1.97 bits per heavy atom. The van der Waals surface area contributed by atoms with Gasteiger partial charge in [0.2, 0.25) is 5.95 Å². The lowest BCUT2D eigenvalue weighted by Crippen LogP contribution is -2.25. The standard InChI is InChI=1S/C26H26F2N6O/c1-15-7-17(11-18(29)8-15)20-5-6-30-13-24(20)32-26-31-12-19-3-4-23(33-34(19)26)25-21(27)9-16(14-35-2)10-22(25)28/h3-6,8-10,12-13,17-18H,7,11,14,29H2,1-2H3,(H,31,32). The van der Waals surface area contributed by atoms with Gasteiger partial charge in [0.25, 0.3) is 0 Å². The van der Waals surface area contributed by atoms with Crippen LogP contribution in [0.1, 0.15) is 36.8 Å². The summed E-state index contributed by atoms with van der Waals surface area (Å²) in [4.78, 5) is 8.72. The zero-order chi connectivity index (χ0) is 24.5. The third-order valence-corrected chi connectivity index (χ3v) is 6.22. The molecule has 0 radical (unpaired) electrons. The molecule has 3 N–H and O–H groups in total. The van der Waals surface area contributed by atoms with E-state index >= 15 is 0 Å². The second kappa shape index (κ2) is 9.52. The van der Waals surface area contributed by atoms with Crippen molar-refractivity contribution in [1.82, 2.24) is 19.6 Å². The topological polar surface area (TPSA) is 90.4 Å². The number of allylic oxidation sites excluding steroid dienone is 1. The molecule has 0 saturated heterocycles. The highest BCUT2D eigenvalue weighted by Crippen LogP contribution is 2.36. The van der Waals surface area contributed by atoms with E-state index in [-0.39, 0.29) is 29.8 Å².